The zero-order valence-electron chi connectivity index (χ0n) is 15.3. The molecule has 0 saturated heterocycles. The number of thiophene rings is 1. The summed E-state index contributed by atoms with van der Waals surface area (Å²) in [7, 11) is -3.67. The smallest absolute Gasteiger partial charge is 0.370 e. The van der Waals surface area contributed by atoms with Gasteiger partial charge in [-0.25, -0.2) is 0 Å². The maximum atomic E-state index is 12.7. The molecule has 1 heterocycles. The summed E-state index contributed by atoms with van der Waals surface area (Å²) in [5, 5.41) is 10.1. The van der Waals surface area contributed by atoms with Crippen LogP contribution in [-0.4, -0.2) is 31.1 Å². The first-order valence-corrected chi connectivity index (χ1v) is 10.7. The van der Waals surface area contributed by atoms with Gasteiger partial charge in [-0.15, -0.1) is 11.3 Å². The van der Waals surface area contributed by atoms with E-state index < -0.39 is 33.7 Å². The first-order chi connectivity index (χ1) is 13.8. The van der Waals surface area contributed by atoms with Gasteiger partial charge in [0, 0.05) is 10.1 Å². The first kappa shape index (κ1) is 23.3. The van der Waals surface area contributed by atoms with Crippen LogP contribution >= 0.6 is 11.3 Å². The summed E-state index contributed by atoms with van der Waals surface area (Å²) in [6, 6.07) is 11.9. The van der Waals surface area contributed by atoms with Crippen LogP contribution < -0.4 is 11.1 Å². The minimum Gasteiger partial charge on any atom is -0.370 e. The van der Waals surface area contributed by atoms with Crippen molar-refractivity contribution in [2.45, 2.75) is 6.18 Å². The molecule has 0 saturated carbocycles. The molecule has 30 heavy (non-hydrogen) atoms. The van der Waals surface area contributed by atoms with Crippen LogP contribution in [0, 0.1) is 5.41 Å². The zero-order valence-corrected chi connectivity index (χ0v) is 17.0. The molecule has 3 aromatic rings. The minimum atomic E-state index is -4.38. The van der Waals surface area contributed by atoms with E-state index in [0.717, 1.165) is 27.8 Å². The Balaban J connectivity index is 0.000000575. The summed E-state index contributed by atoms with van der Waals surface area (Å²) < 4.78 is 64.8. The molecule has 0 aliphatic heterocycles. The largest absolute Gasteiger partial charge is 0.416 e. The fourth-order valence-electron chi connectivity index (χ4n) is 2.45. The molecule has 0 unspecified atom stereocenters. The zero-order chi connectivity index (χ0) is 22.7. The molecule has 2 aromatic carbocycles. The van der Waals surface area contributed by atoms with Gasteiger partial charge in [-0.2, -0.15) is 21.6 Å². The second kappa shape index (κ2) is 8.81. The van der Waals surface area contributed by atoms with Crippen LogP contribution in [0.4, 0.5) is 13.2 Å². The Morgan fingerprint density at radius 3 is 2.23 bits per heavy atom. The van der Waals surface area contributed by atoms with Crippen molar-refractivity contribution in [1.82, 2.24) is 5.32 Å². The number of guanidine groups is 1. The average Bonchev–Trinajstić information content (AvgIpc) is 3.03. The number of amides is 1. The van der Waals surface area contributed by atoms with Crippen molar-refractivity contribution >= 4 is 43.4 Å². The molecule has 0 radical (unpaired) electrons. The van der Waals surface area contributed by atoms with E-state index in [0.29, 0.717) is 16.7 Å². The summed E-state index contributed by atoms with van der Waals surface area (Å²) in [6.45, 7) is 0. The lowest BCUT2D eigenvalue weighted by atomic mass is 10.0. The van der Waals surface area contributed by atoms with E-state index >= 15 is 0 Å². The van der Waals surface area contributed by atoms with E-state index in [-0.39, 0.29) is 0 Å². The van der Waals surface area contributed by atoms with Crippen LogP contribution in [0.5, 0.6) is 0 Å². The van der Waals surface area contributed by atoms with Gasteiger partial charge in [0.1, 0.15) is 0 Å². The van der Waals surface area contributed by atoms with Crippen molar-refractivity contribution in [2.24, 2.45) is 5.73 Å². The maximum Gasteiger partial charge on any atom is 0.416 e. The van der Waals surface area contributed by atoms with Gasteiger partial charge in [0.25, 0.3) is 16.0 Å². The molecule has 1 amide bonds. The third-order valence-electron chi connectivity index (χ3n) is 3.56. The molecular weight excluding hydrogens is 443 g/mol. The normalized spacial score (nSPS) is 11.5. The topological polar surface area (TPSA) is 133 Å². The molecule has 1 aromatic heterocycles. The molecule has 12 heteroatoms. The fraction of sp³-hybridized carbons (Fsp3) is 0.111. The van der Waals surface area contributed by atoms with Crippen molar-refractivity contribution < 1.29 is 30.9 Å². The standard InChI is InChI=1S/C17H12F3N3OS.CH4O3S/c18-17(19,20)10-6-4-9(5-7-10)11-2-1-3-13-12(11)8-14(25-13)15(24)23-16(21)22;1-5(2,3)4/h1-8H,(H4,21,22,23,24);1H3,(H,2,3,4). The Kier molecular flexibility index (Phi) is 6.85. The number of hydrogen-bond acceptors (Lipinski definition) is 5. The molecule has 5 N–H and O–H groups in total. The predicted octanol–water partition coefficient (Wildman–Crippen LogP) is 3.71. The third-order valence-corrected chi connectivity index (χ3v) is 4.66. The van der Waals surface area contributed by atoms with E-state index in [1.807, 2.05) is 6.07 Å². The molecule has 0 aliphatic rings. The number of fused-ring (bicyclic) bond motifs is 1. The molecular formula is C18H16F3N3O4S2. The monoisotopic (exact) mass is 459 g/mol. The summed E-state index contributed by atoms with van der Waals surface area (Å²) >= 11 is 1.22. The lowest BCUT2D eigenvalue weighted by Crippen LogP contribution is -2.35. The summed E-state index contributed by atoms with van der Waals surface area (Å²) in [6.07, 6.45) is -3.67. The van der Waals surface area contributed by atoms with E-state index in [9.17, 15) is 26.4 Å². The second-order valence-corrected chi connectivity index (χ2v) is 8.55. The number of rotatable bonds is 2. The van der Waals surface area contributed by atoms with E-state index in [2.05, 4.69) is 5.32 Å². The molecule has 0 fully saturated rings. The Labute approximate surface area is 173 Å². The number of alkyl halides is 3. The summed E-state index contributed by atoms with van der Waals surface area (Å²) in [4.78, 5) is 12.3. The van der Waals surface area contributed by atoms with Crippen LogP contribution in [-0.2, 0) is 16.3 Å². The molecule has 160 valence electrons. The van der Waals surface area contributed by atoms with Crippen molar-refractivity contribution in [3.8, 4) is 11.1 Å². The fourth-order valence-corrected chi connectivity index (χ4v) is 3.43. The highest BCUT2D eigenvalue weighted by atomic mass is 32.2. The molecule has 0 aliphatic carbocycles. The van der Waals surface area contributed by atoms with Crippen LogP contribution in [0.15, 0.2) is 48.5 Å². The van der Waals surface area contributed by atoms with Gasteiger partial charge in [0.15, 0.2) is 5.96 Å². The van der Waals surface area contributed by atoms with E-state index in [1.165, 1.54) is 23.5 Å². The molecule has 3 rings (SSSR count). The molecule has 0 spiro atoms. The Morgan fingerprint density at radius 2 is 1.73 bits per heavy atom. The van der Waals surface area contributed by atoms with Gasteiger partial charge >= 0.3 is 6.18 Å². The molecule has 0 atom stereocenters. The highest BCUT2D eigenvalue weighted by molar-refractivity contribution is 7.85. The van der Waals surface area contributed by atoms with Crippen LogP contribution in [0.25, 0.3) is 21.2 Å². The first-order valence-electron chi connectivity index (χ1n) is 8.03. The summed E-state index contributed by atoms with van der Waals surface area (Å²) in [5.74, 6) is -0.947. The van der Waals surface area contributed by atoms with Crippen molar-refractivity contribution in [3.05, 3.63) is 59.0 Å². The Morgan fingerprint density at radius 1 is 1.17 bits per heavy atom. The number of benzene rings is 2. The van der Waals surface area contributed by atoms with E-state index in [4.69, 9.17) is 15.7 Å². The van der Waals surface area contributed by atoms with Gasteiger partial charge in [-0.05, 0) is 35.4 Å². The van der Waals surface area contributed by atoms with Gasteiger partial charge < -0.3 is 5.73 Å². The van der Waals surface area contributed by atoms with Gasteiger partial charge in [0.2, 0.25) is 0 Å². The summed E-state index contributed by atoms with van der Waals surface area (Å²) in [5.41, 5.74) is 5.79. The van der Waals surface area contributed by atoms with Gasteiger partial charge in [-0.1, -0.05) is 24.3 Å². The van der Waals surface area contributed by atoms with Crippen molar-refractivity contribution in [3.63, 3.8) is 0 Å². The van der Waals surface area contributed by atoms with Crippen molar-refractivity contribution in [1.29, 1.82) is 5.41 Å². The predicted molar refractivity (Wildman–Crippen MR) is 109 cm³/mol. The lowest BCUT2D eigenvalue weighted by molar-refractivity contribution is -0.137. The number of nitrogens with two attached hydrogens (primary N) is 1. The minimum absolute atomic E-state index is 0.365. The Hall–Kier alpha value is -2.96. The van der Waals surface area contributed by atoms with Crippen molar-refractivity contribution in [2.75, 3.05) is 6.26 Å². The van der Waals surface area contributed by atoms with Gasteiger partial charge in [-0.3, -0.25) is 20.1 Å². The highest BCUT2D eigenvalue weighted by Gasteiger charge is 2.30. The average molecular weight is 459 g/mol. The van der Waals surface area contributed by atoms with Crippen LogP contribution in [0.2, 0.25) is 0 Å². The number of hydrogen-bond donors (Lipinski definition) is 4. The second-order valence-electron chi connectivity index (χ2n) is 6.00. The number of halogens is 3. The Bertz CT molecular complexity index is 1180. The van der Waals surface area contributed by atoms with Crippen LogP contribution in [0.1, 0.15) is 15.2 Å². The number of carbonyl (C=O) groups is 1. The lowest BCUT2D eigenvalue weighted by Gasteiger charge is -2.08. The number of nitrogens with one attached hydrogen (secondary N) is 2. The van der Waals surface area contributed by atoms with E-state index in [1.54, 1.807) is 18.2 Å². The van der Waals surface area contributed by atoms with Gasteiger partial charge in [0.05, 0.1) is 16.7 Å². The SMILES string of the molecule is CS(=O)(=O)O.N=C(N)NC(=O)c1cc2c(-c3ccc(C(F)(F)F)cc3)cccc2s1. The highest BCUT2D eigenvalue weighted by Crippen LogP contribution is 2.36. The number of carbonyl (C=O) groups excluding carboxylic acids is 1. The quantitative estimate of drug-likeness (QED) is 0.263. The molecule has 0 bridgehead atoms. The molecule has 7 nitrogen and oxygen atoms in total. The third kappa shape index (κ3) is 6.54. The maximum absolute atomic E-state index is 12.7. The van der Waals surface area contributed by atoms with Crippen LogP contribution in [0.3, 0.4) is 0 Å².